The maximum Gasteiger partial charge on any atom is 0.331 e. The number of hydrogen-bond donors (Lipinski definition) is 1. The number of carbonyl (C=O) groups is 2. The van der Waals surface area contributed by atoms with Crippen LogP contribution in [0.15, 0.2) is 18.5 Å². The lowest BCUT2D eigenvalue weighted by Crippen LogP contribution is -2.58. The van der Waals surface area contributed by atoms with E-state index >= 15 is 0 Å². The van der Waals surface area contributed by atoms with Crippen LogP contribution in [0.1, 0.15) is 44.9 Å². The summed E-state index contributed by atoms with van der Waals surface area (Å²) in [7, 11) is 1.39. The molecule has 1 atom stereocenters. The maximum absolute atomic E-state index is 12.9. The second-order valence-electron chi connectivity index (χ2n) is 6.96. The summed E-state index contributed by atoms with van der Waals surface area (Å²) in [6.07, 6.45) is 9.41. The van der Waals surface area contributed by atoms with Gasteiger partial charge in [-0.15, -0.1) is 0 Å². The highest BCUT2D eigenvalue weighted by Gasteiger charge is 2.43. The third-order valence-corrected chi connectivity index (χ3v) is 5.27. The number of amides is 1. The maximum atomic E-state index is 12.9. The van der Waals surface area contributed by atoms with E-state index in [4.69, 9.17) is 4.74 Å². The Balaban J connectivity index is 1.68. The molecule has 1 aromatic heterocycles. The number of hydrogen-bond acceptors (Lipinski definition) is 6. The van der Waals surface area contributed by atoms with E-state index < -0.39 is 5.54 Å². The topological polar surface area (TPSA) is 84.4 Å². The molecular weight excluding hydrogens is 320 g/mol. The molecule has 0 aromatic carbocycles. The molecule has 1 aliphatic heterocycles. The SMILES string of the molecule is COC(=O)C1(NC(=O)C2CCCN(c3ncccn3)C2)CCCCC1. The zero-order valence-electron chi connectivity index (χ0n) is 14.7. The van der Waals surface area contributed by atoms with Crippen molar-refractivity contribution in [2.24, 2.45) is 5.92 Å². The van der Waals surface area contributed by atoms with Gasteiger partial charge in [0.25, 0.3) is 0 Å². The van der Waals surface area contributed by atoms with Gasteiger partial charge in [0.2, 0.25) is 11.9 Å². The Hall–Kier alpha value is -2.18. The lowest BCUT2D eigenvalue weighted by Gasteiger charge is -2.38. The molecule has 2 fully saturated rings. The van der Waals surface area contributed by atoms with Crippen molar-refractivity contribution in [1.29, 1.82) is 0 Å². The lowest BCUT2D eigenvalue weighted by molar-refractivity contribution is -0.153. The van der Waals surface area contributed by atoms with Crippen LogP contribution >= 0.6 is 0 Å². The highest BCUT2D eigenvalue weighted by molar-refractivity contribution is 5.89. The minimum Gasteiger partial charge on any atom is -0.467 e. The number of nitrogens with zero attached hydrogens (tertiary/aromatic N) is 3. The summed E-state index contributed by atoms with van der Waals surface area (Å²) < 4.78 is 4.99. The minimum absolute atomic E-state index is 0.0621. The van der Waals surface area contributed by atoms with Gasteiger partial charge in [0.15, 0.2) is 0 Å². The molecule has 0 bridgehead atoms. The first-order valence-corrected chi connectivity index (χ1v) is 9.07. The Morgan fingerprint density at radius 1 is 1.20 bits per heavy atom. The number of anilines is 1. The average molecular weight is 346 g/mol. The van der Waals surface area contributed by atoms with Crippen LogP contribution in [-0.4, -0.2) is 47.6 Å². The van der Waals surface area contributed by atoms with Crippen LogP contribution < -0.4 is 10.2 Å². The molecule has 0 spiro atoms. The molecule has 25 heavy (non-hydrogen) atoms. The normalized spacial score (nSPS) is 22.9. The number of piperidine rings is 1. The number of aromatic nitrogens is 2. The van der Waals surface area contributed by atoms with Crippen LogP contribution in [-0.2, 0) is 14.3 Å². The Morgan fingerprint density at radius 3 is 2.60 bits per heavy atom. The van der Waals surface area contributed by atoms with Crippen molar-refractivity contribution in [2.75, 3.05) is 25.1 Å². The molecule has 2 heterocycles. The zero-order valence-corrected chi connectivity index (χ0v) is 14.7. The third-order valence-electron chi connectivity index (χ3n) is 5.27. The summed E-state index contributed by atoms with van der Waals surface area (Å²) in [6, 6.07) is 1.78. The summed E-state index contributed by atoms with van der Waals surface area (Å²) in [5.41, 5.74) is -0.852. The van der Waals surface area contributed by atoms with Gasteiger partial charge in [-0.3, -0.25) is 4.79 Å². The van der Waals surface area contributed by atoms with Gasteiger partial charge < -0.3 is 15.0 Å². The molecule has 136 valence electrons. The first-order valence-electron chi connectivity index (χ1n) is 9.07. The fourth-order valence-electron chi connectivity index (χ4n) is 3.90. The van der Waals surface area contributed by atoms with E-state index in [1.54, 1.807) is 18.5 Å². The van der Waals surface area contributed by atoms with Crippen LogP contribution in [0.3, 0.4) is 0 Å². The fourth-order valence-corrected chi connectivity index (χ4v) is 3.90. The minimum atomic E-state index is -0.852. The molecule has 1 saturated heterocycles. The molecule has 1 aliphatic carbocycles. The second-order valence-corrected chi connectivity index (χ2v) is 6.96. The van der Waals surface area contributed by atoms with Crippen molar-refractivity contribution in [3.8, 4) is 0 Å². The molecule has 2 aliphatic rings. The van der Waals surface area contributed by atoms with Crippen molar-refractivity contribution >= 4 is 17.8 Å². The zero-order chi connectivity index (χ0) is 17.7. The van der Waals surface area contributed by atoms with E-state index in [9.17, 15) is 9.59 Å². The first kappa shape index (κ1) is 17.6. The van der Waals surface area contributed by atoms with Gasteiger partial charge in [0.1, 0.15) is 5.54 Å². The predicted molar refractivity (Wildman–Crippen MR) is 92.9 cm³/mol. The van der Waals surface area contributed by atoms with Gasteiger partial charge in [-0.05, 0) is 31.7 Å². The smallest absolute Gasteiger partial charge is 0.331 e. The lowest BCUT2D eigenvalue weighted by atomic mass is 9.81. The largest absolute Gasteiger partial charge is 0.467 e. The number of ether oxygens (including phenoxy) is 1. The van der Waals surface area contributed by atoms with Gasteiger partial charge in [-0.25, -0.2) is 14.8 Å². The first-order chi connectivity index (χ1) is 12.1. The predicted octanol–water partition coefficient (Wildman–Crippen LogP) is 1.69. The monoisotopic (exact) mass is 346 g/mol. The van der Waals surface area contributed by atoms with E-state index in [1.165, 1.54) is 7.11 Å². The third kappa shape index (κ3) is 3.91. The van der Waals surface area contributed by atoms with Crippen molar-refractivity contribution in [3.63, 3.8) is 0 Å². The van der Waals surface area contributed by atoms with Crippen molar-refractivity contribution in [2.45, 2.75) is 50.5 Å². The molecule has 1 N–H and O–H groups in total. The van der Waals surface area contributed by atoms with Crippen LogP contribution in [0.5, 0.6) is 0 Å². The molecule has 1 saturated carbocycles. The summed E-state index contributed by atoms with van der Waals surface area (Å²) >= 11 is 0. The van der Waals surface area contributed by atoms with E-state index in [-0.39, 0.29) is 17.8 Å². The molecule has 1 aromatic rings. The van der Waals surface area contributed by atoms with Crippen LogP contribution in [0.25, 0.3) is 0 Å². The van der Waals surface area contributed by atoms with Gasteiger partial charge in [0.05, 0.1) is 13.0 Å². The number of methoxy groups -OCH3 is 1. The number of nitrogens with one attached hydrogen (secondary N) is 1. The molecule has 3 rings (SSSR count). The highest BCUT2D eigenvalue weighted by atomic mass is 16.5. The van der Waals surface area contributed by atoms with E-state index in [2.05, 4.69) is 15.3 Å². The number of esters is 1. The molecular formula is C18H26N4O3. The molecule has 7 heteroatoms. The van der Waals surface area contributed by atoms with E-state index in [0.717, 1.165) is 38.6 Å². The van der Waals surface area contributed by atoms with Crippen LogP contribution in [0.2, 0.25) is 0 Å². The van der Waals surface area contributed by atoms with Gasteiger partial charge in [-0.2, -0.15) is 0 Å². The van der Waals surface area contributed by atoms with Crippen LogP contribution in [0, 0.1) is 5.92 Å². The molecule has 0 radical (unpaired) electrons. The highest BCUT2D eigenvalue weighted by Crippen LogP contribution is 2.30. The standard InChI is InChI=1S/C18H26N4O3/c1-25-16(24)18(8-3-2-4-9-18)21-15(23)14-7-5-12-22(13-14)17-19-10-6-11-20-17/h6,10-11,14H,2-5,7-9,12-13H2,1H3,(H,21,23). The summed E-state index contributed by atoms with van der Waals surface area (Å²) in [5.74, 6) is 0.105. The van der Waals surface area contributed by atoms with Crippen molar-refractivity contribution < 1.29 is 14.3 Å². The van der Waals surface area contributed by atoms with Gasteiger partial charge in [-0.1, -0.05) is 19.3 Å². The number of rotatable bonds is 4. The van der Waals surface area contributed by atoms with E-state index in [1.807, 2.05) is 4.90 Å². The Labute approximate surface area is 148 Å². The van der Waals surface area contributed by atoms with Gasteiger partial charge >= 0.3 is 5.97 Å². The summed E-state index contributed by atoms with van der Waals surface area (Å²) in [6.45, 7) is 1.42. The quantitative estimate of drug-likeness (QED) is 0.835. The Bertz CT molecular complexity index is 602. The summed E-state index contributed by atoms with van der Waals surface area (Å²) in [5, 5.41) is 3.04. The molecule has 7 nitrogen and oxygen atoms in total. The van der Waals surface area contributed by atoms with Crippen LogP contribution in [0.4, 0.5) is 5.95 Å². The molecule has 1 amide bonds. The van der Waals surface area contributed by atoms with Crippen molar-refractivity contribution in [3.05, 3.63) is 18.5 Å². The van der Waals surface area contributed by atoms with Crippen molar-refractivity contribution in [1.82, 2.24) is 15.3 Å². The summed E-state index contributed by atoms with van der Waals surface area (Å²) in [4.78, 5) is 35.8. The fraction of sp³-hybridized carbons (Fsp3) is 0.667. The Kier molecular flexibility index (Phi) is 5.50. The molecule has 1 unspecified atom stereocenters. The average Bonchev–Trinajstić information content (AvgIpc) is 2.68. The van der Waals surface area contributed by atoms with Gasteiger partial charge in [0, 0.05) is 25.5 Å². The number of carbonyl (C=O) groups excluding carboxylic acids is 2. The second kappa shape index (κ2) is 7.80. The van der Waals surface area contributed by atoms with E-state index in [0.29, 0.717) is 25.3 Å². The Morgan fingerprint density at radius 2 is 1.92 bits per heavy atom.